The first-order valence-corrected chi connectivity index (χ1v) is 11.6. The van der Waals surface area contributed by atoms with Crippen LogP contribution < -0.4 is 9.47 Å². The van der Waals surface area contributed by atoms with Gasteiger partial charge in [0.25, 0.3) is 0 Å². The Labute approximate surface area is 204 Å². The van der Waals surface area contributed by atoms with Crippen LogP contribution in [0.3, 0.4) is 0 Å². The summed E-state index contributed by atoms with van der Waals surface area (Å²) >= 11 is 0. The standard InChI is InChI=1S/C27H29NO7/c1-4-5-15-33-21-12-11-19-16-23-24(34-18(2)29)27(22(19)17-21,25(30)32-3)13-14-28(23)26(31)35-20-9-7-6-8-10-20/h4,6-12,17,23-24H,1,5,13-16H2,2-3H3/t23?,24-,27?/m0/s1. The second-order valence-corrected chi connectivity index (χ2v) is 8.63. The van der Waals surface area contributed by atoms with Gasteiger partial charge in [0.2, 0.25) is 0 Å². The summed E-state index contributed by atoms with van der Waals surface area (Å²) in [5.41, 5.74) is 0.274. The Hall–Kier alpha value is -3.81. The molecule has 2 unspecified atom stereocenters. The predicted molar refractivity (Wildman–Crippen MR) is 127 cm³/mol. The summed E-state index contributed by atoms with van der Waals surface area (Å²) < 4.78 is 22.4. The van der Waals surface area contributed by atoms with E-state index in [1.807, 2.05) is 24.3 Å². The molecule has 4 rings (SSSR count). The van der Waals surface area contributed by atoms with Gasteiger partial charge in [-0.3, -0.25) is 9.59 Å². The van der Waals surface area contributed by atoms with Gasteiger partial charge < -0.3 is 23.8 Å². The lowest BCUT2D eigenvalue weighted by Crippen LogP contribution is -2.68. The van der Waals surface area contributed by atoms with E-state index in [9.17, 15) is 14.4 Å². The Bertz CT molecular complexity index is 1120. The minimum Gasteiger partial charge on any atom is -0.493 e. The molecule has 184 valence electrons. The monoisotopic (exact) mass is 479 g/mol. The number of fused-ring (bicyclic) bond motifs is 4. The number of benzene rings is 2. The molecule has 1 heterocycles. The molecule has 3 atom stereocenters. The maximum absolute atomic E-state index is 13.4. The predicted octanol–water partition coefficient (Wildman–Crippen LogP) is 3.81. The average molecular weight is 480 g/mol. The van der Waals surface area contributed by atoms with Crippen molar-refractivity contribution in [2.24, 2.45) is 0 Å². The van der Waals surface area contributed by atoms with Gasteiger partial charge in [-0.15, -0.1) is 6.58 Å². The summed E-state index contributed by atoms with van der Waals surface area (Å²) in [5.74, 6) is -0.0638. The molecule has 0 N–H and O–H groups in total. The van der Waals surface area contributed by atoms with Gasteiger partial charge in [-0.25, -0.2) is 4.79 Å². The number of nitrogens with zero attached hydrogens (tertiary/aromatic N) is 1. The van der Waals surface area contributed by atoms with Crippen LogP contribution in [0.15, 0.2) is 61.2 Å². The fraction of sp³-hybridized carbons (Fsp3) is 0.370. The van der Waals surface area contributed by atoms with Gasteiger partial charge in [0.1, 0.15) is 23.0 Å². The van der Waals surface area contributed by atoms with E-state index in [-0.39, 0.29) is 13.0 Å². The van der Waals surface area contributed by atoms with E-state index < -0.39 is 35.6 Å². The number of para-hydroxylation sites is 1. The molecule has 2 aromatic rings. The summed E-state index contributed by atoms with van der Waals surface area (Å²) in [6.45, 7) is 5.66. The first-order chi connectivity index (χ1) is 16.9. The topological polar surface area (TPSA) is 91.4 Å². The van der Waals surface area contributed by atoms with Crippen LogP contribution in [0.5, 0.6) is 11.5 Å². The van der Waals surface area contributed by atoms with Crippen LogP contribution in [0.2, 0.25) is 0 Å². The highest BCUT2D eigenvalue weighted by molar-refractivity contribution is 5.87. The van der Waals surface area contributed by atoms with Gasteiger partial charge in [-0.1, -0.05) is 30.3 Å². The first-order valence-electron chi connectivity index (χ1n) is 11.6. The second kappa shape index (κ2) is 10.2. The zero-order chi connectivity index (χ0) is 25.0. The third-order valence-corrected chi connectivity index (χ3v) is 6.59. The van der Waals surface area contributed by atoms with Crippen molar-refractivity contribution in [2.75, 3.05) is 20.3 Å². The molecule has 1 amide bonds. The van der Waals surface area contributed by atoms with Crippen molar-refractivity contribution in [2.45, 2.75) is 43.7 Å². The molecule has 1 saturated heterocycles. The molecule has 8 heteroatoms. The lowest BCUT2D eigenvalue weighted by Gasteiger charge is -2.53. The average Bonchev–Trinajstić information content (AvgIpc) is 2.84. The van der Waals surface area contributed by atoms with Gasteiger partial charge in [0, 0.05) is 13.5 Å². The quantitative estimate of drug-likeness (QED) is 0.339. The Morgan fingerprint density at radius 2 is 1.91 bits per heavy atom. The van der Waals surface area contributed by atoms with E-state index in [0.29, 0.717) is 36.5 Å². The van der Waals surface area contributed by atoms with E-state index >= 15 is 0 Å². The van der Waals surface area contributed by atoms with Gasteiger partial charge >= 0.3 is 18.0 Å². The number of hydrogen-bond acceptors (Lipinski definition) is 7. The van der Waals surface area contributed by atoms with Crippen molar-refractivity contribution in [1.82, 2.24) is 4.90 Å². The number of esters is 2. The van der Waals surface area contributed by atoms with Crippen molar-refractivity contribution in [3.05, 3.63) is 72.3 Å². The summed E-state index contributed by atoms with van der Waals surface area (Å²) in [6.07, 6.45) is 1.50. The van der Waals surface area contributed by atoms with Crippen molar-refractivity contribution >= 4 is 18.0 Å². The highest BCUT2D eigenvalue weighted by atomic mass is 16.6. The van der Waals surface area contributed by atoms with Gasteiger partial charge in [-0.2, -0.15) is 0 Å². The fourth-order valence-electron chi connectivity index (χ4n) is 5.07. The number of hydrogen-bond donors (Lipinski definition) is 0. The number of piperidine rings is 1. The van der Waals surface area contributed by atoms with E-state index in [4.69, 9.17) is 18.9 Å². The highest BCUT2D eigenvalue weighted by Crippen LogP contribution is 2.48. The van der Waals surface area contributed by atoms with Crippen LogP contribution in [0, 0.1) is 0 Å². The molecule has 1 fully saturated rings. The number of ether oxygens (including phenoxy) is 4. The molecule has 0 spiro atoms. The van der Waals surface area contributed by atoms with E-state index in [2.05, 4.69) is 6.58 Å². The molecule has 0 radical (unpaired) electrons. The third kappa shape index (κ3) is 4.60. The lowest BCUT2D eigenvalue weighted by molar-refractivity contribution is -0.174. The normalized spacial score (nSPS) is 22.4. The van der Waals surface area contributed by atoms with Gasteiger partial charge in [-0.05, 0) is 54.7 Å². The zero-order valence-corrected chi connectivity index (χ0v) is 19.9. The maximum Gasteiger partial charge on any atom is 0.415 e. The largest absolute Gasteiger partial charge is 0.493 e. The second-order valence-electron chi connectivity index (χ2n) is 8.63. The van der Waals surface area contributed by atoms with E-state index in [1.165, 1.54) is 14.0 Å². The molecule has 2 bridgehead atoms. The summed E-state index contributed by atoms with van der Waals surface area (Å²) in [4.78, 5) is 40.3. The van der Waals surface area contributed by atoms with Crippen LogP contribution in [0.25, 0.3) is 0 Å². The third-order valence-electron chi connectivity index (χ3n) is 6.59. The molecule has 1 aliphatic heterocycles. The molecular weight excluding hydrogens is 450 g/mol. The number of amides is 1. The van der Waals surface area contributed by atoms with Crippen LogP contribution in [0.1, 0.15) is 30.9 Å². The molecule has 8 nitrogen and oxygen atoms in total. The van der Waals surface area contributed by atoms with Crippen LogP contribution in [-0.4, -0.2) is 55.3 Å². The fourth-order valence-corrected chi connectivity index (χ4v) is 5.07. The van der Waals surface area contributed by atoms with Crippen molar-refractivity contribution in [1.29, 1.82) is 0 Å². The summed E-state index contributed by atoms with van der Waals surface area (Å²) in [5, 5.41) is 0. The Morgan fingerprint density at radius 1 is 1.14 bits per heavy atom. The van der Waals surface area contributed by atoms with Crippen LogP contribution >= 0.6 is 0 Å². The van der Waals surface area contributed by atoms with Crippen molar-refractivity contribution in [3.8, 4) is 11.5 Å². The maximum atomic E-state index is 13.4. The number of likely N-dealkylation sites (tertiary alicyclic amines) is 1. The van der Waals surface area contributed by atoms with Crippen LogP contribution in [-0.2, 0) is 30.9 Å². The SMILES string of the molecule is C=CCCOc1ccc2c(c1)C1(C(=O)OC)CCN(C(=O)Oc3ccccc3)C(C2)[C@@H]1OC(C)=O. The van der Waals surface area contributed by atoms with E-state index in [1.54, 1.807) is 35.2 Å². The molecule has 35 heavy (non-hydrogen) atoms. The number of carbonyl (C=O) groups is 3. The van der Waals surface area contributed by atoms with E-state index in [0.717, 1.165) is 5.56 Å². The minimum atomic E-state index is -1.28. The van der Waals surface area contributed by atoms with Crippen molar-refractivity contribution < 1.29 is 33.3 Å². The molecule has 0 aromatic heterocycles. The Balaban J connectivity index is 1.75. The molecule has 2 aromatic carbocycles. The Morgan fingerprint density at radius 3 is 2.60 bits per heavy atom. The molecular formula is C27H29NO7. The number of rotatable bonds is 7. The Kier molecular flexibility index (Phi) is 7.10. The lowest BCUT2D eigenvalue weighted by atomic mass is 9.61. The van der Waals surface area contributed by atoms with Crippen molar-refractivity contribution in [3.63, 3.8) is 0 Å². The first kappa shape index (κ1) is 24.3. The molecule has 0 saturated carbocycles. The smallest absolute Gasteiger partial charge is 0.415 e. The molecule has 1 aliphatic carbocycles. The minimum absolute atomic E-state index is 0.196. The zero-order valence-electron chi connectivity index (χ0n) is 19.9. The number of carbonyl (C=O) groups excluding carboxylic acids is 3. The van der Waals surface area contributed by atoms with Gasteiger partial charge in [0.15, 0.2) is 0 Å². The summed E-state index contributed by atoms with van der Waals surface area (Å²) in [6, 6.07) is 13.7. The molecule has 2 aliphatic rings. The van der Waals surface area contributed by atoms with Crippen LogP contribution in [0.4, 0.5) is 4.79 Å². The number of methoxy groups -OCH3 is 1. The highest BCUT2D eigenvalue weighted by Gasteiger charge is 2.61. The van der Waals surface area contributed by atoms with Gasteiger partial charge in [0.05, 0.1) is 19.8 Å². The summed E-state index contributed by atoms with van der Waals surface area (Å²) in [7, 11) is 1.31.